The number of benzene rings is 3. The third-order valence-electron chi connectivity index (χ3n) is 7.30. The number of anilines is 1. The SMILES string of the molecule is CCc1ccccc1N(CC(=O)N(Cc1ccccc1C)[C@H](C)C(=O)N[C@H](C)CC)S(=O)(=O)c1ccc(C)cc1. The molecule has 0 aliphatic heterocycles. The molecule has 1 N–H and O–H groups in total. The highest BCUT2D eigenvalue weighted by atomic mass is 32.2. The van der Waals surface area contributed by atoms with E-state index in [-0.39, 0.29) is 23.4 Å². The van der Waals surface area contributed by atoms with Crippen molar-refractivity contribution in [2.75, 3.05) is 10.8 Å². The van der Waals surface area contributed by atoms with E-state index in [0.29, 0.717) is 12.1 Å². The molecule has 0 aromatic heterocycles. The van der Waals surface area contributed by atoms with E-state index < -0.39 is 28.5 Å². The monoisotopic (exact) mass is 563 g/mol. The minimum absolute atomic E-state index is 0.0554. The summed E-state index contributed by atoms with van der Waals surface area (Å²) in [6, 6.07) is 20.6. The highest BCUT2D eigenvalue weighted by Crippen LogP contribution is 2.28. The van der Waals surface area contributed by atoms with Crippen LogP contribution < -0.4 is 9.62 Å². The molecule has 0 aliphatic rings. The van der Waals surface area contributed by atoms with Gasteiger partial charge >= 0.3 is 0 Å². The quantitative estimate of drug-likeness (QED) is 0.320. The number of aryl methyl sites for hydroxylation is 3. The summed E-state index contributed by atoms with van der Waals surface area (Å²) in [5.74, 6) is -0.741. The Morgan fingerprint density at radius 1 is 0.850 bits per heavy atom. The van der Waals surface area contributed by atoms with Crippen molar-refractivity contribution in [3.63, 3.8) is 0 Å². The van der Waals surface area contributed by atoms with Gasteiger partial charge in [-0.05, 0) is 75.4 Å². The third kappa shape index (κ3) is 7.30. The van der Waals surface area contributed by atoms with Gasteiger partial charge in [-0.25, -0.2) is 8.42 Å². The van der Waals surface area contributed by atoms with Crippen LogP contribution in [0.5, 0.6) is 0 Å². The molecular formula is C32H41N3O4S. The van der Waals surface area contributed by atoms with Gasteiger partial charge in [0.25, 0.3) is 10.0 Å². The van der Waals surface area contributed by atoms with Crippen LogP contribution in [-0.2, 0) is 32.6 Å². The molecule has 40 heavy (non-hydrogen) atoms. The maximum Gasteiger partial charge on any atom is 0.264 e. The van der Waals surface area contributed by atoms with E-state index in [1.54, 1.807) is 43.3 Å². The van der Waals surface area contributed by atoms with Crippen LogP contribution in [0, 0.1) is 13.8 Å². The van der Waals surface area contributed by atoms with Crippen molar-refractivity contribution < 1.29 is 18.0 Å². The van der Waals surface area contributed by atoms with Crippen molar-refractivity contribution in [3.8, 4) is 0 Å². The Hall–Kier alpha value is -3.65. The van der Waals surface area contributed by atoms with Gasteiger partial charge in [-0.15, -0.1) is 0 Å². The molecule has 0 unspecified atom stereocenters. The Labute approximate surface area is 239 Å². The number of hydrogen-bond donors (Lipinski definition) is 1. The van der Waals surface area contributed by atoms with Crippen molar-refractivity contribution in [1.82, 2.24) is 10.2 Å². The van der Waals surface area contributed by atoms with Crippen LogP contribution in [0.1, 0.15) is 56.4 Å². The summed E-state index contributed by atoms with van der Waals surface area (Å²) < 4.78 is 29.3. The molecule has 0 bridgehead atoms. The normalized spacial score (nSPS) is 12.8. The van der Waals surface area contributed by atoms with Crippen LogP contribution in [0.25, 0.3) is 0 Å². The van der Waals surface area contributed by atoms with Crippen molar-refractivity contribution >= 4 is 27.5 Å². The number of hydrogen-bond acceptors (Lipinski definition) is 4. The smallest absolute Gasteiger partial charge is 0.264 e. The van der Waals surface area contributed by atoms with E-state index in [1.165, 1.54) is 9.21 Å². The maximum atomic E-state index is 14.1. The lowest BCUT2D eigenvalue weighted by Gasteiger charge is -2.33. The van der Waals surface area contributed by atoms with Crippen LogP contribution in [0.3, 0.4) is 0 Å². The number of rotatable bonds is 12. The first kappa shape index (κ1) is 30.9. The van der Waals surface area contributed by atoms with Gasteiger partial charge in [0, 0.05) is 12.6 Å². The van der Waals surface area contributed by atoms with Crippen molar-refractivity contribution in [3.05, 3.63) is 95.1 Å². The van der Waals surface area contributed by atoms with Gasteiger partial charge in [0.2, 0.25) is 11.8 Å². The second kappa shape index (κ2) is 13.6. The minimum atomic E-state index is -4.10. The molecule has 0 spiro atoms. The molecular weight excluding hydrogens is 522 g/mol. The summed E-state index contributed by atoms with van der Waals surface area (Å²) in [7, 11) is -4.10. The summed E-state index contributed by atoms with van der Waals surface area (Å²) in [6.45, 7) is 11.1. The lowest BCUT2D eigenvalue weighted by molar-refractivity contribution is -0.139. The van der Waals surface area contributed by atoms with Crippen LogP contribution in [0.15, 0.2) is 77.7 Å². The number of nitrogens with one attached hydrogen (secondary N) is 1. The molecule has 214 valence electrons. The Morgan fingerprint density at radius 2 is 1.45 bits per heavy atom. The van der Waals surface area contributed by atoms with E-state index in [1.807, 2.05) is 71.0 Å². The number of amides is 2. The highest BCUT2D eigenvalue weighted by molar-refractivity contribution is 7.92. The molecule has 3 rings (SSSR count). The van der Waals surface area contributed by atoms with E-state index in [4.69, 9.17) is 0 Å². The van der Waals surface area contributed by atoms with Gasteiger partial charge < -0.3 is 10.2 Å². The van der Waals surface area contributed by atoms with Crippen LogP contribution in [-0.4, -0.2) is 43.8 Å². The highest BCUT2D eigenvalue weighted by Gasteiger charge is 2.33. The molecule has 0 radical (unpaired) electrons. The summed E-state index contributed by atoms with van der Waals surface area (Å²) in [5.41, 5.74) is 4.06. The zero-order valence-corrected chi connectivity index (χ0v) is 25.2. The molecule has 3 aromatic rings. The number of para-hydroxylation sites is 1. The number of nitrogens with zero attached hydrogens (tertiary/aromatic N) is 2. The molecule has 0 heterocycles. The molecule has 0 aliphatic carbocycles. The fourth-order valence-corrected chi connectivity index (χ4v) is 5.88. The van der Waals surface area contributed by atoms with E-state index in [9.17, 15) is 18.0 Å². The molecule has 0 fully saturated rings. The van der Waals surface area contributed by atoms with Crippen LogP contribution >= 0.6 is 0 Å². The Morgan fingerprint density at radius 3 is 2.05 bits per heavy atom. The Balaban J connectivity index is 2.07. The molecule has 3 aromatic carbocycles. The summed E-state index contributed by atoms with van der Waals surface area (Å²) in [5, 5.41) is 2.97. The molecule has 0 saturated carbocycles. The molecule has 0 saturated heterocycles. The minimum Gasteiger partial charge on any atom is -0.352 e. The van der Waals surface area contributed by atoms with Gasteiger partial charge in [0.15, 0.2) is 0 Å². The van der Waals surface area contributed by atoms with E-state index in [0.717, 1.165) is 28.7 Å². The van der Waals surface area contributed by atoms with Crippen LogP contribution in [0.2, 0.25) is 0 Å². The summed E-state index contributed by atoms with van der Waals surface area (Å²) in [4.78, 5) is 28.9. The maximum absolute atomic E-state index is 14.1. The first-order chi connectivity index (χ1) is 19.0. The first-order valence-corrected chi connectivity index (χ1v) is 15.2. The third-order valence-corrected chi connectivity index (χ3v) is 9.07. The Bertz CT molecular complexity index is 1420. The number of carbonyl (C=O) groups is 2. The number of carbonyl (C=O) groups excluding carboxylic acids is 2. The second-order valence-electron chi connectivity index (χ2n) is 10.2. The van der Waals surface area contributed by atoms with Crippen molar-refractivity contribution in [2.24, 2.45) is 0 Å². The lowest BCUT2D eigenvalue weighted by Crippen LogP contribution is -2.52. The molecule has 7 nitrogen and oxygen atoms in total. The Kier molecular flexibility index (Phi) is 10.5. The van der Waals surface area contributed by atoms with Crippen LogP contribution in [0.4, 0.5) is 5.69 Å². The fourth-order valence-electron chi connectivity index (χ4n) is 4.42. The zero-order chi connectivity index (χ0) is 29.4. The van der Waals surface area contributed by atoms with Gasteiger partial charge in [0.05, 0.1) is 10.6 Å². The molecule has 2 amide bonds. The summed E-state index contributed by atoms with van der Waals surface area (Å²) >= 11 is 0. The van der Waals surface area contributed by atoms with E-state index >= 15 is 0 Å². The largest absolute Gasteiger partial charge is 0.352 e. The topological polar surface area (TPSA) is 86.8 Å². The number of sulfonamides is 1. The predicted octanol–water partition coefficient (Wildman–Crippen LogP) is 5.39. The van der Waals surface area contributed by atoms with Gasteiger partial charge in [-0.2, -0.15) is 0 Å². The predicted molar refractivity (Wildman–Crippen MR) is 161 cm³/mol. The zero-order valence-electron chi connectivity index (χ0n) is 24.3. The first-order valence-electron chi connectivity index (χ1n) is 13.8. The second-order valence-corrected chi connectivity index (χ2v) is 12.1. The molecule has 8 heteroatoms. The van der Waals surface area contributed by atoms with Gasteiger partial charge in [-0.3, -0.25) is 13.9 Å². The van der Waals surface area contributed by atoms with Gasteiger partial charge in [-0.1, -0.05) is 74.0 Å². The van der Waals surface area contributed by atoms with Crippen molar-refractivity contribution in [1.29, 1.82) is 0 Å². The lowest BCUT2D eigenvalue weighted by atomic mass is 10.1. The van der Waals surface area contributed by atoms with Crippen molar-refractivity contribution in [2.45, 2.75) is 77.9 Å². The average Bonchev–Trinajstić information content (AvgIpc) is 2.95. The standard InChI is InChI=1S/C32H41N3O4S/c1-7-25(5)33-32(37)26(6)34(21-28-15-10-9-13-24(28)4)31(36)22-35(30-16-12-11-14-27(30)8-2)40(38,39)29-19-17-23(3)18-20-29/h9-20,25-26H,7-8,21-22H2,1-6H3,(H,33,37)/t25-,26-/m1/s1. The van der Waals surface area contributed by atoms with E-state index in [2.05, 4.69) is 5.32 Å². The average molecular weight is 564 g/mol. The van der Waals surface area contributed by atoms with Gasteiger partial charge in [0.1, 0.15) is 12.6 Å². The molecule has 2 atom stereocenters. The summed E-state index contributed by atoms with van der Waals surface area (Å²) in [6.07, 6.45) is 1.34. The fraction of sp³-hybridized carbons (Fsp3) is 0.375.